The zero-order valence-electron chi connectivity index (χ0n) is 23.0. The first-order valence-electron chi connectivity index (χ1n) is 12.6. The molecule has 0 spiro atoms. The maximum absolute atomic E-state index is 12.0. The molecule has 1 aromatic carbocycles. The predicted octanol–water partition coefficient (Wildman–Crippen LogP) is 6.36. The van der Waals surface area contributed by atoms with Gasteiger partial charge in [-0.2, -0.15) is 0 Å². The van der Waals surface area contributed by atoms with Crippen molar-refractivity contribution in [2.45, 2.75) is 66.7 Å². The highest BCUT2D eigenvalue weighted by atomic mass is 16.5. The number of carbonyl (C=O) groups excluding carboxylic acids is 2. The average Bonchev–Trinajstić information content (AvgIpc) is 2.83. The first-order chi connectivity index (χ1) is 17.5. The molecule has 0 fully saturated rings. The summed E-state index contributed by atoms with van der Waals surface area (Å²) in [7, 11) is 1.27. The summed E-state index contributed by atoms with van der Waals surface area (Å²) in [5.41, 5.74) is 0.128. The Morgan fingerprint density at radius 2 is 1.81 bits per heavy atom. The highest BCUT2D eigenvalue weighted by Gasteiger charge is 2.22. The number of carbonyl (C=O) groups is 2. The molecule has 8 nitrogen and oxygen atoms in total. The van der Waals surface area contributed by atoms with Crippen molar-refractivity contribution in [3.8, 4) is 11.5 Å². The third-order valence-corrected chi connectivity index (χ3v) is 5.43. The van der Waals surface area contributed by atoms with Crippen molar-refractivity contribution in [2.24, 2.45) is 11.8 Å². The van der Waals surface area contributed by atoms with Crippen LogP contribution in [0.15, 0.2) is 51.8 Å². The highest BCUT2D eigenvalue weighted by molar-refractivity contribution is 5.99. The van der Waals surface area contributed by atoms with Crippen molar-refractivity contribution in [3.05, 3.63) is 69.9 Å². The maximum atomic E-state index is 12.0. The molecule has 0 saturated heterocycles. The molecule has 0 saturated carbocycles. The smallest absolute Gasteiger partial charge is 0.410 e. The Morgan fingerprint density at radius 3 is 2.38 bits per heavy atom. The second-order valence-corrected chi connectivity index (χ2v) is 9.58. The van der Waals surface area contributed by atoms with Crippen molar-refractivity contribution >= 4 is 11.9 Å². The van der Waals surface area contributed by atoms with E-state index in [4.69, 9.17) is 9.15 Å². The van der Waals surface area contributed by atoms with Crippen molar-refractivity contribution in [1.29, 1.82) is 0 Å². The number of hydrogen-bond acceptors (Lipinski definition) is 7. The van der Waals surface area contributed by atoms with Gasteiger partial charge < -0.3 is 19.0 Å². The molecule has 2 aromatic rings. The lowest BCUT2D eigenvalue weighted by Gasteiger charge is -2.11. The van der Waals surface area contributed by atoms with Gasteiger partial charge in [-0.15, -0.1) is 0 Å². The van der Waals surface area contributed by atoms with Gasteiger partial charge in [0, 0.05) is 24.1 Å². The molecule has 0 aliphatic rings. The van der Waals surface area contributed by atoms with Crippen LogP contribution in [-0.2, 0) is 4.74 Å². The first kappa shape index (κ1) is 31.5. The molecule has 0 aliphatic carbocycles. The summed E-state index contributed by atoms with van der Waals surface area (Å²) in [6.45, 7) is 12.4. The minimum Gasteiger partial charge on any atom is -0.507 e. The molecule has 0 radical (unpaired) electrons. The van der Waals surface area contributed by atoms with Gasteiger partial charge in [0.15, 0.2) is 5.78 Å². The Kier molecular flexibility index (Phi) is 13.8. The number of aromatic hydroxyl groups is 1. The molecule has 8 heteroatoms. The summed E-state index contributed by atoms with van der Waals surface area (Å²) < 4.78 is 15.2. The van der Waals surface area contributed by atoms with E-state index in [0.717, 1.165) is 18.8 Å². The normalized spacial score (nSPS) is 11.7. The number of methoxy groups -OCH3 is 1. The fourth-order valence-electron chi connectivity index (χ4n) is 3.13. The standard InChI is InChI=1S/C17H23NO6.C12H18O/c1-10(2)15(20)14-12(19)9-13(24-16(14)21)11(3)7-5-6-8-18-17(22)23-4;1-10(2)7-8-13-12-6-4-5-11(3)9-12/h6,8-11,19H,5,7H2,1-4H3,(H,18,22);4-6,9-10H,7-8H2,1-3H3/b8-6+;. The number of allylic oxidation sites excluding steroid dienone is 1. The van der Waals surface area contributed by atoms with Crippen LogP contribution in [0, 0.1) is 18.8 Å². The Bertz CT molecular complexity index is 1090. The van der Waals surface area contributed by atoms with E-state index >= 15 is 0 Å². The van der Waals surface area contributed by atoms with E-state index in [-0.39, 0.29) is 17.2 Å². The van der Waals surface area contributed by atoms with Gasteiger partial charge in [0.05, 0.1) is 13.7 Å². The Hall–Kier alpha value is -3.55. The van der Waals surface area contributed by atoms with Gasteiger partial charge >= 0.3 is 11.7 Å². The van der Waals surface area contributed by atoms with E-state index in [0.29, 0.717) is 24.5 Å². The van der Waals surface area contributed by atoms with E-state index in [1.54, 1.807) is 19.9 Å². The van der Waals surface area contributed by atoms with Gasteiger partial charge in [0.25, 0.3) is 0 Å². The van der Waals surface area contributed by atoms with Crippen LogP contribution < -0.4 is 15.7 Å². The topological polar surface area (TPSA) is 115 Å². The van der Waals surface area contributed by atoms with Crippen LogP contribution in [0.4, 0.5) is 4.79 Å². The number of amides is 1. The summed E-state index contributed by atoms with van der Waals surface area (Å²) in [6, 6.07) is 9.50. The Balaban J connectivity index is 0.000000442. The van der Waals surface area contributed by atoms with Crippen LogP contribution >= 0.6 is 0 Å². The zero-order chi connectivity index (χ0) is 28.0. The Morgan fingerprint density at radius 1 is 1.11 bits per heavy atom. The van der Waals surface area contributed by atoms with Crippen molar-refractivity contribution < 1.29 is 28.6 Å². The second kappa shape index (κ2) is 16.2. The lowest BCUT2D eigenvalue weighted by molar-refractivity contribution is 0.0931. The van der Waals surface area contributed by atoms with Gasteiger partial charge in [-0.1, -0.05) is 52.8 Å². The van der Waals surface area contributed by atoms with Crippen LogP contribution in [0.2, 0.25) is 0 Å². The van der Waals surface area contributed by atoms with E-state index < -0.39 is 23.4 Å². The summed E-state index contributed by atoms with van der Waals surface area (Å²) in [6.07, 6.45) is 5.01. The quantitative estimate of drug-likeness (QED) is 0.335. The molecule has 1 heterocycles. The first-order valence-corrected chi connectivity index (χ1v) is 12.6. The van der Waals surface area contributed by atoms with Crippen LogP contribution in [-0.4, -0.2) is 30.7 Å². The minimum absolute atomic E-state index is 0.144. The maximum Gasteiger partial charge on any atom is 0.410 e. The van der Waals surface area contributed by atoms with E-state index in [1.165, 1.54) is 24.9 Å². The minimum atomic E-state index is -0.821. The van der Waals surface area contributed by atoms with Crippen LogP contribution in [0.25, 0.3) is 0 Å². The molecule has 2 N–H and O–H groups in total. The molecule has 1 amide bonds. The molecular formula is C29H41NO7. The van der Waals surface area contributed by atoms with E-state index in [9.17, 15) is 19.5 Å². The fraction of sp³-hybridized carbons (Fsp3) is 0.483. The van der Waals surface area contributed by atoms with E-state index in [2.05, 4.69) is 43.0 Å². The lowest BCUT2D eigenvalue weighted by Crippen LogP contribution is -2.19. The number of ether oxygens (including phenoxy) is 2. The highest BCUT2D eigenvalue weighted by Crippen LogP contribution is 2.25. The summed E-state index contributed by atoms with van der Waals surface area (Å²) in [5.74, 6) is 0.661. The fourth-order valence-corrected chi connectivity index (χ4v) is 3.13. The number of aryl methyl sites for hydroxylation is 1. The SMILES string of the molecule is COC(=O)N/C=C/CCC(C)c1cc(O)c(C(=O)C(C)C)c(=O)o1.Cc1cccc(OCCC(C)C)c1. The van der Waals surface area contributed by atoms with Gasteiger partial charge in [-0.05, 0) is 49.8 Å². The largest absolute Gasteiger partial charge is 0.507 e. The van der Waals surface area contributed by atoms with Crippen molar-refractivity contribution in [3.63, 3.8) is 0 Å². The number of Topliss-reactive ketones (excluding diaryl/α,β-unsaturated/α-hetero) is 1. The van der Waals surface area contributed by atoms with E-state index in [1.807, 2.05) is 19.1 Å². The third-order valence-electron chi connectivity index (χ3n) is 5.43. The molecule has 204 valence electrons. The number of ketones is 1. The molecule has 0 bridgehead atoms. The van der Waals surface area contributed by atoms with Crippen LogP contribution in [0.3, 0.4) is 0 Å². The summed E-state index contributed by atoms with van der Waals surface area (Å²) in [4.78, 5) is 34.7. The molecule has 37 heavy (non-hydrogen) atoms. The zero-order valence-corrected chi connectivity index (χ0v) is 23.0. The molecule has 1 unspecified atom stereocenters. The Labute approximate surface area is 219 Å². The predicted molar refractivity (Wildman–Crippen MR) is 144 cm³/mol. The summed E-state index contributed by atoms with van der Waals surface area (Å²) >= 11 is 0. The monoisotopic (exact) mass is 515 g/mol. The number of nitrogens with one attached hydrogen (secondary N) is 1. The van der Waals surface area contributed by atoms with Crippen LogP contribution in [0.5, 0.6) is 11.5 Å². The molecule has 1 atom stereocenters. The van der Waals surface area contributed by atoms with Crippen LogP contribution in [0.1, 0.15) is 81.5 Å². The third kappa shape index (κ3) is 11.8. The van der Waals surface area contributed by atoms with Gasteiger partial charge in [-0.3, -0.25) is 10.1 Å². The number of benzene rings is 1. The van der Waals surface area contributed by atoms with Gasteiger partial charge in [0.1, 0.15) is 22.8 Å². The lowest BCUT2D eigenvalue weighted by atomic mass is 9.99. The average molecular weight is 516 g/mol. The number of hydrogen-bond donors (Lipinski definition) is 2. The second-order valence-electron chi connectivity index (χ2n) is 9.58. The van der Waals surface area contributed by atoms with Gasteiger partial charge in [-0.25, -0.2) is 9.59 Å². The van der Waals surface area contributed by atoms with Crippen molar-refractivity contribution in [1.82, 2.24) is 5.32 Å². The van der Waals surface area contributed by atoms with Gasteiger partial charge in [0.2, 0.25) is 0 Å². The molecule has 1 aromatic heterocycles. The van der Waals surface area contributed by atoms with Crippen molar-refractivity contribution in [2.75, 3.05) is 13.7 Å². The number of alkyl carbamates (subject to hydrolysis) is 1. The number of rotatable bonds is 11. The molecule has 0 aliphatic heterocycles. The molecule has 2 rings (SSSR count). The molecular weight excluding hydrogens is 474 g/mol. The summed E-state index contributed by atoms with van der Waals surface area (Å²) in [5, 5.41) is 12.4.